The molecule has 0 saturated heterocycles. The first-order valence-electron chi connectivity index (χ1n) is 3.30. The molecule has 0 radical (unpaired) electrons. The molecule has 1 rings (SSSR count). The number of rotatable bonds is 2. The fourth-order valence-corrected chi connectivity index (χ4v) is 1.13. The average Bonchev–Trinajstić information content (AvgIpc) is 2.11. The SMILES string of the molecule is COc1cc(Cl)c(Cl)cc1N=C=O. The first kappa shape index (κ1) is 10.1. The van der Waals surface area contributed by atoms with Gasteiger partial charge in [-0.2, -0.15) is 4.99 Å². The van der Waals surface area contributed by atoms with Gasteiger partial charge in [-0.3, -0.25) is 0 Å². The van der Waals surface area contributed by atoms with Crippen LogP contribution in [0.3, 0.4) is 0 Å². The summed E-state index contributed by atoms with van der Waals surface area (Å²) in [6.45, 7) is 0. The summed E-state index contributed by atoms with van der Waals surface area (Å²) in [6.07, 6.45) is 1.40. The van der Waals surface area contributed by atoms with Crippen LogP contribution in [0.15, 0.2) is 17.1 Å². The maximum atomic E-state index is 10.0. The van der Waals surface area contributed by atoms with Gasteiger partial charge < -0.3 is 4.74 Å². The molecule has 1 aromatic rings. The van der Waals surface area contributed by atoms with E-state index in [9.17, 15) is 4.79 Å². The Labute approximate surface area is 84.9 Å². The normalized spacial score (nSPS) is 9.15. The van der Waals surface area contributed by atoms with Crippen LogP contribution >= 0.6 is 23.2 Å². The third-order valence-corrected chi connectivity index (χ3v) is 2.11. The van der Waals surface area contributed by atoms with Crippen LogP contribution in [0.25, 0.3) is 0 Å². The van der Waals surface area contributed by atoms with Crippen LogP contribution in [0.4, 0.5) is 5.69 Å². The monoisotopic (exact) mass is 217 g/mol. The zero-order valence-electron chi connectivity index (χ0n) is 6.67. The highest BCUT2D eigenvalue weighted by Crippen LogP contribution is 2.35. The van der Waals surface area contributed by atoms with Gasteiger partial charge in [0.25, 0.3) is 0 Å². The molecule has 68 valence electrons. The van der Waals surface area contributed by atoms with Gasteiger partial charge in [0.1, 0.15) is 11.4 Å². The number of nitrogens with zero attached hydrogens (tertiary/aromatic N) is 1. The van der Waals surface area contributed by atoms with Crippen molar-refractivity contribution in [2.45, 2.75) is 0 Å². The maximum Gasteiger partial charge on any atom is 0.240 e. The number of aliphatic imine (C=N–C) groups is 1. The third-order valence-electron chi connectivity index (χ3n) is 1.39. The molecule has 0 aliphatic rings. The molecule has 0 heterocycles. The molecular weight excluding hydrogens is 213 g/mol. The van der Waals surface area contributed by atoms with Gasteiger partial charge >= 0.3 is 0 Å². The van der Waals surface area contributed by atoms with E-state index in [1.54, 1.807) is 0 Å². The average molecular weight is 218 g/mol. The number of isocyanates is 1. The molecule has 0 aliphatic heterocycles. The van der Waals surface area contributed by atoms with Gasteiger partial charge in [0.2, 0.25) is 6.08 Å². The molecule has 0 bridgehead atoms. The number of benzene rings is 1. The van der Waals surface area contributed by atoms with Crippen molar-refractivity contribution in [3.63, 3.8) is 0 Å². The topological polar surface area (TPSA) is 38.7 Å². The second kappa shape index (κ2) is 4.28. The van der Waals surface area contributed by atoms with E-state index in [4.69, 9.17) is 27.9 Å². The predicted molar refractivity (Wildman–Crippen MR) is 50.8 cm³/mol. The number of halogens is 2. The van der Waals surface area contributed by atoms with Crippen LogP contribution in [0.1, 0.15) is 0 Å². The fraction of sp³-hybridized carbons (Fsp3) is 0.125. The van der Waals surface area contributed by atoms with E-state index in [-0.39, 0.29) is 0 Å². The van der Waals surface area contributed by atoms with E-state index in [2.05, 4.69) is 4.99 Å². The van der Waals surface area contributed by atoms with E-state index in [1.165, 1.54) is 25.3 Å². The molecule has 1 aromatic carbocycles. The summed E-state index contributed by atoms with van der Waals surface area (Å²) < 4.78 is 4.92. The van der Waals surface area contributed by atoms with Crippen molar-refractivity contribution in [1.29, 1.82) is 0 Å². The number of hydrogen-bond donors (Lipinski definition) is 0. The summed E-state index contributed by atoms with van der Waals surface area (Å²) in [5.41, 5.74) is 0.312. The minimum atomic E-state index is 0.312. The number of hydrogen-bond acceptors (Lipinski definition) is 3. The van der Waals surface area contributed by atoms with Crippen LogP contribution < -0.4 is 4.74 Å². The predicted octanol–water partition coefficient (Wildman–Crippen LogP) is 2.97. The van der Waals surface area contributed by atoms with Crippen LogP contribution in [-0.4, -0.2) is 13.2 Å². The second-order valence-corrected chi connectivity index (χ2v) is 2.96. The number of carbonyl (C=O) groups excluding carboxylic acids is 1. The summed E-state index contributed by atoms with van der Waals surface area (Å²) in [4.78, 5) is 13.4. The number of methoxy groups -OCH3 is 1. The van der Waals surface area contributed by atoms with Gasteiger partial charge in [-0.25, -0.2) is 4.79 Å². The smallest absolute Gasteiger partial charge is 0.240 e. The van der Waals surface area contributed by atoms with Gasteiger partial charge in [-0.15, -0.1) is 0 Å². The standard InChI is InChI=1S/C8H5Cl2NO2/c1-13-8-3-6(10)5(9)2-7(8)11-4-12/h2-3H,1H3. The summed E-state index contributed by atoms with van der Waals surface area (Å²) in [6, 6.07) is 2.92. The van der Waals surface area contributed by atoms with Gasteiger partial charge in [0.05, 0.1) is 17.2 Å². The highest BCUT2D eigenvalue weighted by molar-refractivity contribution is 6.42. The summed E-state index contributed by atoms with van der Waals surface area (Å²) in [7, 11) is 1.45. The molecule has 3 nitrogen and oxygen atoms in total. The van der Waals surface area contributed by atoms with Crippen molar-refractivity contribution in [1.82, 2.24) is 0 Å². The van der Waals surface area contributed by atoms with E-state index >= 15 is 0 Å². The van der Waals surface area contributed by atoms with Crippen molar-refractivity contribution < 1.29 is 9.53 Å². The largest absolute Gasteiger partial charge is 0.494 e. The lowest BCUT2D eigenvalue weighted by atomic mass is 10.3. The minimum Gasteiger partial charge on any atom is -0.494 e. The molecule has 0 saturated carbocycles. The first-order chi connectivity index (χ1) is 6.19. The Bertz CT molecular complexity index is 373. The molecule has 0 spiro atoms. The van der Waals surface area contributed by atoms with E-state index < -0.39 is 0 Å². The maximum absolute atomic E-state index is 10.0. The Balaban J connectivity index is 3.32. The molecule has 0 amide bonds. The van der Waals surface area contributed by atoms with Gasteiger partial charge in [-0.1, -0.05) is 23.2 Å². The Kier molecular flexibility index (Phi) is 3.32. The van der Waals surface area contributed by atoms with Crippen LogP contribution in [0.5, 0.6) is 5.75 Å². The molecule has 13 heavy (non-hydrogen) atoms. The minimum absolute atomic E-state index is 0.312. The third kappa shape index (κ3) is 2.22. The lowest BCUT2D eigenvalue weighted by Crippen LogP contribution is -1.83. The molecule has 0 aliphatic carbocycles. The number of ether oxygens (including phenoxy) is 1. The summed E-state index contributed by atoms with van der Waals surface area (Å²) >= 11 is 11.4. The van der Waals surface area contributed by atoms with Crippen molar-refractivity contribution in [2.75, 3.05) is 7.11 Å². The quantitative estimate of drug-likeness (QED) is 0.565. The van der Waals surface area contributed by atoms with Crippen molar-refractivity contribution in [2.24, 2.45) is 4.99 Å². The Hall–Kier alpha value is -1.02. The Morgan fingerprint density at radius 3 is 2.54 bits per heavy atom. The van der Waals surface area contributed by atoms with Gasteiger partial charge in [-0.05, 0) is 6.07 Å². The van der Waals surface area contributed by atoms with Gasteiger partial charge in [0.15, 0.2) is 0 Å². The second-order valence-electron chi connectivity index (χ2n) is 2.14. The zero-order valence-corrected chi connectivity index (χ0v) is 8.19. The van der Waals surface area contributed by atoms with Crippen molar-refractivity contribution in [3.05, 3.63) is 22.2 Å². The lowest BCUT2D eigenvalue weighted by molar-refractivity contribution is 0.416. The highest BCUT2D eigenvalue weighted by atomic mass is 35.5. The summed E-state index contributed by atoms with van der Waals surface area (Å²) in [5, 5.41) is 0.667. The molecular formula is C8H5Cl2NO2. The van der Waals surface area contributed by atoms with Crippen LogP contribution in [0.2, 0.25) is 10.0 Å². The molecule has 0 atom stereocenters. The molecule has 0 unspecified atom stereocenters. The lowest BCUT2D eigenvalue weighted by Gasteiger charge is -2.04. The Morgan fingerprint density at radius 1 is 1.38 bits per heavy atom. The van der Waals surface area contributed by atoms with E-state index in [1.807, 2.05) is 0 Å². The highest BCUT2D eigenvalue weighted by Gasteiger charge is 2.06. The Morgan fingerprint density at radius 2 is 2.00 bits per heavy atom. The van der Waals surface area contributed by atoms with E-state index in [0.717, 1.165) is 0 Å². The zero-order chi connectivity index (χ0) is 9.84. The van der Waals surface area contributed by atoms with Crippen LogP contribution in [-0.2, 0) is 4.79 Å². The van der Waals surface area contributed by atoms with Crippen LogP contribution in [0, 0.1) is 0 Å². The molecule has 0 aromatic heterocycles. The molecule has 0 N–H and O–H groups in total. The van der Waals surface area contributed by atoms with Gasteiger partial charge in [0, 0.05) is 6.07 Å². The summed E-state index contributed by atoms with van der Waals surface area (Å²) in [5.74, 6) is 0.387. The fourth-order valence-electron chi connectivity index (χ4n) is 0.818. The van der Waals surface area contributed by atoms with Crippen molar-refractivity contribution >= 4 is 35.0 Å². The van der Waals surface area contributed by atoms with Crippen molar-refractivity contribution in [3.8, 4) is 5.75 Å². The van der Waals surface area contributed by atoms with E-state index in [0.29, 0.717) is 21.5 Å². The molecule has 0 fully saturated rings. The first-order valence-corrected chi connectivity index (χ1v) is 4.05. The molecule has 5 heteroatoms.